The summed E-state index contributed by atoms with van der Waals surface area (Å²) in [6.45, 7) is 8.49. The van der Waals surface area contributed by atoms with E-state index in [9.17, 15) is 4.79 Å². The first-order valence-corrected chi connectivity index (χ1v) is 7.75. The van der Waals surface area contributed by atoms with Crippen LogP contribution in [0.25, 0.3) is 0 Å². The molecule has 0 spiro atoms. The van der Waals surface area contributed by atoms with Crippen molar-refractivity contribution in [3.63, 3.8) is 0 Å². The number of aliphatic hydroxyl groups is 1. The van der Waals surface area contributed by atoms with Crippen LogP contribution in [0.3, 0.4) is 0 Å². The molecule has 20 heavy (non-hydrogen) atoms. The molecule has 5 nitrogen and oxygen atoms in total. The molecule has 0 unspecified atom stereocenters. The smallest absolute Gasteiger partial charge is 0.410 e. The number of ether oxygens (including phenoxy) is 1. The summed E-state index contributed by atoms with van der Waals surface area (Å²) in [5, 5.41) is 9.08. The Balaban J connectivity index is 1.99. The van der Waals surface area contributed by atoms with Crippen LogP contribution < -0.4 is 0 Å². The van der Waals surface area contributed by atoms with Gasteiger partial charge in [0.2, 0.25) is 0 Å². The molecule has 1 saturated carbocycles. The molecule has 0 aromatic carbocycles. The van der Waals surface area contributed by atoms with Crippen LogP contribution in [0.2, 0.25) is 0 Å². The minimum atomic E-state index is -0.441. The first-order valence-electron chi connectivity index (χ1n) is 7.75. The average molecular weight is 284 g/mol. The zero-order valence-corrected chi connectivity index (χ0v) is 13.0. The van der Waals surface area contributed by atoms with Gasteiger partial charge in [-0.05, 0) is 53.0 Å². The fourth-order valence-corrected chi connectivity index (χ4v) is 2.87. The maximum absolute atomic E-state index is 12.4. The van der Waals surface area contributed by atoms with Crippen LogP contribution in [0.4, 0.5) is 4.79 Å². The van der Waals surface area contributed by atoms with Gasteiger partial charge in [0, 0.05) is 25.2 Å². The number of β-amino-alcohol motifs (C(OH)–C–C–N with tert-alkyl or cyclic N) is 1. The molecule has 1 heterocycles. The molecule has 2 fully saturated rings. The maximum Gasteiger partial charge on any atom is 0.410 e. The minimum absolute atomic E-state index is 0.171. The number of rotatable bonds is 4. The highest BCUT2D eigenvalue weighted by atomic mass is 16.6. The van der Waals surface area contributed by atoms with Crippen molar-refractivity contribution >= 4 is 6.09 Å². The van der Waals surface area contributed by atoms with E-state index in [1.165, 1.54) is 0 Å². The standard InChI is InChI=1S/C15H28N2O3/c1-15(2,3)20-14(19)17(12-6-7-12)13-5-4-8-16(11-13)9-10-18/h12-13,18H,4-11H2,1-3H3/t13-/m0/s1. The molecule has 1 aliphatic heterocycles. The van der Waals surface area contributed by atoms with Crippen LogP contribution in [0.1, 0.15) is 46.5 Å². The zero-order valence-electron chi connectivity index (χ0n) is 13.0. The van der Waals surface area contributed by atoms with Gasteiger partial charge >= 0.3 is 6.09 Å². The first kappa shape index (κ1) is 15.6. The summed E-state index contributed by atoms with van der Waals surface area (Å²) in [6, 6.07) is 0.599. The van der Waals surface area contributed by atoms with E-state index in [0.29, 0.717) is 12.6 Å². The second kappa shape index (κ2) is 6.31. The van der Waals surface area contributed by atoms with Crippen LogP contribution in [-0.2, 0) is 4.74 Å². The molecule has 0 radical (unpaired) electrons. The predicted molar refractivity (Wildman–Crippen MR) is 77.6 cm³/mol. The predicted octanol–water partition coefficient (Wildman–Crippen LogP) is 1.84. The van der Waals surface area contributed by atoms with Crippen molar-refractivity contribution in [1.82, 2.24) is 9.80 Å². The Hall–Kier alpha value is -0.810. The van der Waals surface area contributed by atoms with E-state index in [1.807, 2.05) is 25.7 Å². The lowest BCUT2D eigenvalue weighted by Gasteiger charge is -2.39. The molecule has 1 atom stereocenters. The normalized spacial score (nSPS) is 24.5. The lowest BCUT2D eigenvalue weighted by atomic mass is 10.0. The number of hydrogen-bond acceptors (Lipinski definition) is 4. The van der Waals surface area contributed by atoms with E-state index >= 15 is 0 Å². The number of piperidine rings is 1. The molecule has 1 N–H and O–H groups in total. The summed E-state index contributed by atoms with van der Waals surface area (Å²) >= 11 is 0. The molecular weight excluding hydrogens is 256 g/mol. The van der Waals surface area contributed by atoms with Crippen molar-refractivity contribution in [2.75, 3.05) is 26.2 Å². The Kier molecular flexibility index (Phi) is 4.91. The lowest BCUT2D eigenvalue weighted by molar-refractivity contribution is 0.00292. The quantitative estimate of drug-likeness (QED) is 0.856. The molecular formula is C15H28N2O3. The molecule has 116 valence electrons. The topological polar surface area (TPSA) is 53.0 Å². The van der Waals surface area contributed by atoms with Gasteiger partial charge in [0.1, 0.15) is 5.60 Å². The second-order valence-electron chi connectivity index (χ2n) is 6.94. The van der Waals surface area contributed by atoms with Gasteiger partial charge in [0.25, 0.3) is 0 Å². The summed E-state index contributed by atoms with van der Waals surface area (Å²) in [4.78, 5) is 16.7. The number of nitrogens with zero attached hydrogens (tertiary/aromatic N) is 2. The molecule has 1 saturated heterocycles. The Morgan fingerprint density at radius 3 is 2.55 bits per heavy atom. The molecule has 2 aliphatic rings. The molecule has 0 bridgehead atoms. The van der Waals surface area contributed by atoms with Gasteiger partial charge in [-0.1, -0.05) is 0 Å². The Morgan fingerprint density at radius 1 is 1.30 bits per heavy atom. The number of carbonyl (C=O) groups excluding carboxylic acids is 1. The largest absolute Gasteiger partial charge is 0.444 e. The SMILES string of the molecule is CC(C)(C)OC(=O)N(C1CC1)[C@H]1CCCN(CCO)C1. The van der Waals surface area contributed by atoms with Gasteiger partial charge in [-0.25, -0.2) is 4.79 Å². The summed E-state index contributed by atoms with van der Waals surface area (Å²) in [6.07, 6.45) is 4.13. The van der Waals surface area contributed by atoms with Crippen LogP contribution in [-0.4, -0.2) is 64.9 Å². The zero-order chi connectivity index (χ0) is 14.8. The fourth-order valence-electron chi connectivity index (χ4n) is 2.87. The molecule has 0 aromatic heterocycles. The Bertz CT molecular complexity index is 335. The third kappa shape index (κ3) is 4.35. The summed E-state index contributed by atoms with van der Waals surface area (Å²) < 4.78 is 5.57. The highest BCUT2D eigenvalue weighted by molar-refractivity contribution is 5.69. The summed E-state index contributed by atoms with van der Waals surface area (Å²) in [5.74, 6) is 0. The first-order chi connectivity index (χ1) is 9.40. The van der Waals surface area contributed by atoms with E-state index in [2.05, 4.69) is 4.90 Å². The lowest BCUT2D eigenvalue weighted by Crippen LogP contribution is -2.52. The van der Waals surface area contributed by atoms with Crippen molar-refractivity contribution in [2.45, 2.75) is 64.1 Å². The van der Waals surface area contributed by atoms with Gasteiger partial charge in [-0.15, -0.1) is 0 Å². The van der Waals surface area contributed by atoms with Crippen molar-refractivity contribution in [3.05, 3.63) is 0 Å². The molecule has 0 aromatic rings. The maximum atomic E-state index is 12.4. The van der Waals surface area contributed by atoms with Gasteiger partial charge in [-0.3, -0.25) is 4.90 Å². The number of likely N-dealkylation sites (tertiary alicyclic amines) is 1. The van der Waals surface area contributed by atoms with Crippen LogP contribution >= 0.6 is 0 Å². The fraction of sp³-hybridized carbons (Fsp3) is 0.933. The number of aliphatic hydroxyl groups excluding tert-OH is 1. The average Bonchev–Trinajstić information content (AvgIpc) is 3.12. The number of amides is 1. The molecule has 1 aliphatic carbocycles. The highest BCUT2D eigenvalue weighted by Crippen LogP contribution is 2.32. The van der Waals surface area contributed by atoms with Crippen LogP contribution in [0, 0.1) is 0 Å². The minimum Gasteiger partial charge on any atom is -0.444 e. The third-order valence-electron chi connectivity index (χ3n) is 3.83. The molecule has 5 heteroatoms. The summed E-state index contributed by atoms with van der Waals surface area (Å²) in [7, 11) is 0. The highest BCUT2D eigenvalue weighted by Gasteiger charge is 2.40. The molecule has 2 rings (SSSR count). The van der Waals surface area contributed by atoms with Crippen molar-refractivity contribution < 1.29 is 14.6 Å². The third-order valence-corrected chi connectivity index (χ3v) is 3.83. The van der Waals surface area contributed by atoms with E-state index in [-0.39, 0.29) is 18.7 Å². The van der Waals surface area contributed by atoms with E-state index in [0.717, 1.165) is 38.8 Å². The van der Waals surface area contributed by atoms with Gasteiger partial charge in [-0.2, -0.15) is 0 Å². The van der Waals surface area contributed by atoms with Crippen LogP contribution in [0.5, 0.6) is 0 Å². The number of hydrogen-bond donors (Lipinski definition) is 1. The van der Waals surface area contributed by atoms with Crippen molar-refractivity contribution in [3.8, 4) is 0 Å². The second-order valence-corrected chi connectivity index (χ2v) is 6.94. The monoisotopic (exact) mass is 284 g/mol. The number of carbonyl (C=O) groups is 1. The van der Waals surface area contributed by atoms with Crippen molar-refractivity contribution in [1.29, 1.82) is 0 Å². The van der Waals surface area contributed by atoms with Crippen molar-refractivity contribution in [2.24, 2.45) is 0 Å². The van der Waals surface area contributed by atoms with E-state index in [1.54, 1.807) is 0 Å². The van der Waals surface area contributed by atoms with E-state index in [4.69, 9.17) is 9.84 Å². The molecule has 1 amide bonds. The van der Waals surface area contributed by atoms with Gasteiger partial charge < -0.3 is 14.7 Å². The van der Waals surface area contributed by atoms with E-state index < -0.39 is 5.60 Å². The van der Waals surface area contributed by atoms with Gasteiger partial charge in [0.15, 0.2) is 0 Å². The Morgan fingerprint density at radius 2 is 2.00 bits per heavy atom. The Labute approximate surface area is 121 Å². The van der Waals surface area contributed by atoms with Crippen LogP contribution in [0.15, 0.2) is 0 Å². The van der Waals surface area contributed by atoms with Gasteiger partial charge in [0.05, 0.1) is 6.61 Å². The summed E-state index contributed by atoms with van der Waals surface area (Å²) in [5.41, 5.74) is -0.441.